The molecular formula is C5H3ClF3N3. The molecule has 7 heteroatoms. The molecule has 0 saturated heterocycles. The minimum Gasteiger partial charge on any atom is -0.209 e. The summed E-state index contributed by atoms with van der Waals surface area (Å²) in [7, 11) is 0. The molecule has 1 aromatic rings. The number of aromatic nitrogens is 3. The van der Waals surface area contributed by atoms with Gasteiger partial charge in [0.05, 0.1) is 0 Å². The summed E-state index contributed by atoms with van der Waals surface area (Å²) in [6.07, 6.45) is -4.57. The minimum atomic E-state index is -4.57. The van der Waals surface area contributed by atoms with E-state index in [2.05, 4.69) is 15.0 Å². The molecule has 0 fully saturated rings. The van der Waals surface area contributed by atoms with Gasteiger partial charge >= 0.3 is 6.18 Å². The fourth-order valence-electron chi connectivity index (χ4n) is 0.576. The van der Waals surface area contributed by atoms with Gasteiger partial charge in [0.15, 0.2) is 0 Å². The molecule has 0 bridgehead atoms. The molecule has 0 amide bonds. The third-order valence-electron chi connectivity index (χ3n) is 0.973. The Balaban J connectivity index is 3.18. The Labute approximate surface area is 70.6 Å². The zero-order valence-electron chi connectivity index (χ0n) is 5.85. The van der Waals surface area contributed by atoms with Crippen molar-refractivity contribution in [2.45, 2.75) is 13.1 Å². The van der Waals surface area contributed by atoms with E-state index < -0.39 is 17.3 Å². The largest absolute Gasteiger partial charge is 0.451 e. The van der Waals surface area contributed by atoms with Gasteiger partial charge in [-0.1, -0.05) is 0 Å². The summed E-state index contributed by atoms with van der Waals surface area (Å²) in [4.78, 5) is 9.39. The van der Waals surface area contributed by atoms with Crippen molar-refractivity contribution in [1.29, 1.82) is 0 Å². The zero-order valence-corrected chi connectivity index (χ0v) is 6.61. The summed E-state index contributed by atoms with van der Waals surface area (Å²) in [6.45, 7) is 1.31. The molecule has 0 aliphatic heterocycles. The second-order valence-electron chi connectivity index (χ2n) is 1.97. The first-order chi connectivity index (χ1) is 5.39. The third kappa shape index (κ3) is 2.04. The lowest BCUT2D eigenvalue weighted by molar-refractivity contribution is -0.145. The molecule has 0 atom stereocenters. The maximum absolute atomic E-state index is 11.9. The van der Waals surface area contributed by atoms with Gasteiger partial charge in [0.2, 0.25) is 11.1 Å². The number of hydrogen-bond acceptors (Lipinski definition) is 3. The fourth-order valence-corrected chi connectivity index (χ4v) is 0.778. The highest BCUT2D eigenvalue weighted by molar-refractivity contribution is 6.28. The molecule has 66 valence electrons. The molecule has 0 unspecified atom stereocenters. The van der Waals surface area contributed by atoms with Crippen LogP contribution in [0.5, 0.6) is 0 Å². The lowest BCUT2D eigenvalue weighted by atomic mass is 10.5. The fraction of sp³-hybridized carbons (Fsp3) is 0.400. The predicted molar refractivity (Wildman–Crippen MR) is 34.6 cm³/mol. The predicted octanol–water partition coefficient (Wildman–Crippen LogP) is 1.85. The van der Waals surface area contributed by atoms with Crippen LogP contribution in [0.2, 0.25) is 5.28 Å². The molecule has 12 heavy (non-hydrogen) atoms. The van der Waals surface area contributed by atoms with Crippen molar-refractivity contribution in [3.63, 3.8) is 0 Å². The van der Waals surface area contributed by atoms with Crippen LogP contribution in [0.15, 0.2) is 0 Å². The second kappa shape index (κ2) is 2.85. The van der Waals surface area contributed by atoms with Crippen LogP contribution in [-0.2, 0) is 6.18 Å². The van der Waals surface area contributed by atoms with Crippen LogP contribution in [0.25, 0.3) is 0 Å². The Hall–Kier alpha value is -0.910. The van der Waals surface area contributed by atoms with E-state index in [1.54, 1.807) is 0 Å². The number of hydrogen-bond donors (Lipinski definition) is 0. The van der Waals surface area contributed by atoms with Gasteiger partial charge in [-0.05, 0) is 18.5 Å². The summed E-state index contributed by atoms with van der Waals surface area (Å²) < 4.78 is 35.8. The summed E-state index contributed by atoms with van der Waals surface area (Å²) in [5.74, 6) is -1.32. The lowest BCUT2D eigenvalue weighted by Gasteiger charge is -2.04. The molecular weight excluding hydrogens is 195 g/mol. The molecule has 0 spiro atoms. The third-order valence-corrected chi connectivity index (χ3v) is 1.14. The number of nitrogens with zero attached hydrogens (tertiary/aromatic N) is 3. The molecule has 1 aromatic heterocycles. The van der Waals surface area contributed by atoms with E-state index in [4.69, 9.17) is 11.6 Å². The maximum atomic E-state index is 11.9. The highest BCUT2D eigenvalue weighted by Gasteiger charge is 2.35. The van der Waals surface area contributed by atoms with Gasteiger partial charge in [-0.15, -0.1) is 0 Å². The van der Waals surface area contributed by atoms with Crippen LogP contribution < -0.4 is 0 Å². The Morgan fingerprint density at radius 2 is 1.75 bits per heavy atom. The topological polar surface area (TPSA) is 38.7 Å². The molecule has 1 heterocycles. The van der Waals surface area contributed by atoms with Crippen LogP contribution in [-0.4, -0.2) is 15.0 Å². The van der Waals surface area contributed by atoms with E-state index >= 15 is 0 Å². The first kappa shape index (κ1) is 9.18. The van der Waals surface area contributed by atoms with E-state index in [0.29, 0.717) is 0 Å². The zero-order chi connectivity index (χ0) is 9.35. The van der Waals surface area contributed by atoms with Crippen molar-refractivity contribution in [2.24, 2.45) is 0 Å². The molecule has 0 N–H and O–H groups in total. The summed E-state index contributed by atoms with van der Waals surface area (Å²) in [5.41, 5.74) is 0. The van der Waals surface area contributed by atoms with Crippen molar-refractivity contribution in [2.75, 3.05) is 0 Å². The Kier molecular flexibility index (Phi) is 2.18. The normalized spacial score (nSPS) is 11.8. The highest BCUT2D eigenvalue weighted by Crippen LogP contribution is 2.26. The molecule has 0 radical (unpaired) electrons. The number of aryl methyl sites for hydroxylation is 1. The van der Waals surface area contributed by atoms with Crippen molar-refractivity contribution in [3.05, 3.63) is 16.9 Å². The SMILES string of the molecule is Cc1nc(Cl)nc(C(F)(F)F)n1. The number of halogens is 4. The van der Waals surface area contributed by atoms with E-state index in [1.165, 1.54) is 6.92 Å². The van der Waals surface area contributed by atoms with Gasteiger partial charge in [0.25, 0.3) is 0 Å². The molecule has 0 aliphatic carbocycles. The summed E-state index contributed by atoms with van der Waals surface area (Å²) in [6, 6.07) is 0. The first-order valence-corrected chi connectivity index (χ1v) is 3.23. The average Bonchev–Trinajstić information content (AvgIpc) is 1.82. The number of rotatable bonds is 0. The monoisotopic (exact) mass is 197 g/mol. The number of alkyl halides is 3. The Morgan fingerprint density at radius 1 is 1.17 bits per heavy atom. The first-order valence-electron chi connectivity index (χ1n) is 2.85. The standard InChI is InChI=1S/C5H3ClF3N3/c1-2-10-3(5(7,8)9)12-4(6)11-2/h1H3. The van der Waals surface area contributed by atoms with Crippen molar-refractivity contribution >= 4 is 11.6 Å². The van der Waals surface area contributed by atoms with Crippen molar-refractivity contribution in [3.8, 4) is 0 Å². The molecule has 0 saturated carbocycles. The van der Waals surface area contributed by atoms with E-state index in [9.17, 15) is 13.2 Å². The Bertz CT molecular complexity index is 278. The van der Waals surface area contributed by atoms with Gasteiger partial charge < -0.3 is 0 Å². The molecule has 3 nitrogen and oxygen atoms in total. The minimum absolute atomic E-state index is 0.0534. The highest BCUT2D eigenvalue weighted by atomic mass is 35.5. The van der Waals surface area contributed by atoms with Crippen LogP contribution in [0, 0.1) is 6.92 Å². The quantitative estimate of drug-likeness (QED) is 0.637. The average molecular weight is 198 g/mol. The van der Waals surface area contributed by atoms with Crippen LogP contribution in [0.1, 0.15) is 11.6 Å². The van der Waals surface area contributed by atoms with E-state index in [0.717, 1.165) is 0 Å². The summed E-state index contributed by atoms with van der Waals surface area (Å²) in [5, 5.41) is -0.449. The molecule has 0 aliphatic rings. The van der Waals surface area contributed by atoms with Crippen LogP contribution in [0.3, 0.4) is 0 Å². The van der Waals surface area contributed by atoms with E-state index in [-0.39, 0.29) is 5.82 Å². The van der Waals surface area contributed by atoms with Gasteiger partial charge in [-0.25, -0.2) is 9.97 Å². The molecule has 1 rings (SSSR count). The van der Waals surface area contributed by atoms with Crippen LogP contribution in [0.4, 0.5) is 13.2 Å². The molecule has 0 aromatic carbocycles. The maximum Gasteiger partial charge on any atom is 0.451 e. The van der Waals surface area contributed by atoms with Gasteiger partial charge in [0, 0.05) is 0 Å². The summed E-state index contributed by atoms with van der Waals surface area (Å²) >= 11 is 5.19. The van der Waals surface area contributed by atoms with Gasteiger partial charge in [-0.2, -0.15) is 18.2 Å². The van der Waals surface area contributed by atoms with Crippen molar-refractivity contribution < 1.29 is 13.2 Å². The van der Waals surface area contributed by atoms with Crippen molar-refractivity contribution in [1.82, 2.24) is 15.0 Å². The van der Waals surface area contributed by atoms with Crippen LogP contribution >= 0.6 is 11.6 Å². The van der Waals surface area contributed by atoms with Gasteiger partial charge in [0.1, 0.15) is 5.82 Å². The second-order valence-corrected chi connectivity index (χ2v) is 2.31. The van der Waals surface area contributed by atoms with Gasteiger partial charge in [-0.3, -0.25) is 0 Å². The lowest BCUT2D eigenvalue weighted by Crippen LogP contribution is -2.12. The Morgan fingerprint density at radius 3 is 2.17 bits per heavy atom. The van der Waals surface area contributed by atoms with E-state index in [1.807, 2.05) is 0 Å². The smallest absolute Gasteiger partial charge is 0.209 e.